The van der Waals surface area contributed by atoms with Gasteiger partial charge in [0.05, 0.1) is 6.42 Å². The number of carbonyl (C=O) groups excluding carboxylic acids is 1. The maximum Gasteiger partial charge on any atom is 0.230 e. The molecule has 1 heterocycles. The molecule has 96 valence electrons. The molecule has 0 unspecified atom stereocenters. The van der Waals surface area contributed by atoms with Crippen molar-refractivity contribution >= 4 is 11.7 Å². The van der Waals surface area contributed by atoms with E-state index in [4.69, 9.17) is 10.9 Å². The lowest BCUT2D eigenvalue weighted by molar-refractivity contribution is -0.136. The van der Waals surface area contributed by atoms with Crippen molar-refractivity contribution in [3.8, 4) is 0 Å². The van der Waals surface area contributed by atoms with Gasteiger partial charge in [0, 0.05) is 12.6 Å². The number of carbonyl (C=O) groups is 1. The van der Waals surface area contributed by atoms with E-state index in [-0.39, 0.29) is 18.2 Å². The van der Waals surface area contributed by atoms with Gasteiger partial charge >= 0.3 is 0 Å². The average molecular weight is 239 g/mol. The molecule has 1 saturated heterocycles. The molecule has 2 atom stereocenters. The monoisotopic (exact) mass is 239 g/mol. The average Bonchev–Trinajstić information content (AvgIpc) is 2.37. The largest absolute Gasteiger partial charge is 0.409 e. The highest BCUT2D eigenvalue weighted by atomic mass is 16.4. The number of hydrogen-bond donors (Lipinski definition) is 2. The number of nitrogens with zero attached hydrogens (tertiary/aromatic N) is 2. The fourth-order valence-corrected chi connectivity index (χ4v) is 3.23. The van der Waals surface area contributed by atoms with E-state index in [1.807, 2.05) is 4.90 Å². The molecule has 5 heteroatoms. The minimum absolute atomic E-state index is 0.00735. The standard InChI is InChI=1S/C12H21N3O2/c13-11(14-17)8-12(16)15-7-3-5-9-4-1-2-6-10(9)15/h9-10,17H,1-8H2,(H2,13,14)/t9-,10-/m1/s1. The highest BCUT2D eigenvalue weighted by Gasteiger charge is 2.35. The number of oxime groups is 1. The van der Waals surface area contributed by atoms with Gasteiger partial charge in [-0.25, -0.2) is 0 Å². The Morgan fingerprint density at radius 2 is 2.00 bits per heavy atom. The van der Waals surface area contributed by atoms with E-state index in [1.54, 1.807) is 0 Å². The lowest BCUT2D eigenvalue weighted by atomic mass is 9.78. The van der Waals surface area contributed by atoms with Crippen molar-refractivity contribution < 1.29 is 10.0 Å². The Kier molecular flexibility index (Phi) is 3.86. The summed E-state index contributed by atoms with van der Waals surface area (Å²) in [5.74, 6) is 0.693. The van der Waals surface area contributed by atoms with E-state index < -0.39 is 0 Å². The van der Waals surface area contributed by atoms with E-state index in [0.717, 1.165) is 19.4 Å². The van der Waals surface area contributed by atoms with E-state index >= 15 is 0 Å². The molecule has 0 aromatic heterocycles. The van der Waals surface area contributed by atoms with Gasteiger partial charge in [0.2, 0.25) is 5.91 Å². The summed E-state index contributed by atoms with van der Waals surface area (Å²) in [5, 5.41) is 11.4. The maximum atomic E-state index is 12.1. The van der Waals surface area contributed by atoms with Crippen molar-refractivity contribution in [2.45, 2.75) is 51.0 Å². The fourth-order valence-electron chi connectivity index (χ4n) is 3.23. The SMILES string of the molecule is NC(CC(=O)N1CCC[C@H]2CCCC[C@H]21)=NO. The van der Waals surface area contributed by atoms with Gasteiger partial charge in [-0.05, 0) is 31.6 Å². The molecule has 1 amide bonds. The molecule has 1 saturated carbocycles. The Hall–Kier alpha value is -1.26. The predicted octanol–water partition coefficient (Wildman–Crippen LogP) is 1.30. The second-order valence-corrected chi connectivity index (χ2v) is 5.11. The minimum atomic E-state index is 0.00735. The molecule has 3 N–H and O–H groups in total. The normalized spacial score (nSPS) is 29.9. The number of piperidine rings is 1. The zero-order chi connectivity index (χ0) is 12.3. The molecule has 2 aliphatic rings. The van der Waals surface area contributed by atoms with Gasteiger partial charge in [-0.3, -0.25) is 4.79 Å². The van der Waals surface area contributed by atoms with Crippen LogP contribution in [-0.2, 0) is 4.79 Å². The van der Waals surface area contributed by atoms with Crippen molar-refractivity contribution in [2.75, 3.05) is 6.54 Å². The fraction of sp³-hybridized carbons (Fsp3) is 0.833. The number of hydrogen-bond acceptors (Lipinski definition) is 3. The Morgan fingerprint density at radius 1 is 1.29 bits per heavy atom. The van der Waals surface area contributed by atoms with Crippen LogP contribution in [0.25, 0.3) is 0 Å². The molecule has 0 aromatic rings. The van der Waals surface area contributed by atoms with Crippen LogP contribution in [0, 0.1) is 5.92 Å². The summed E-state index contributed by atoms with van der Waals surface area (Å²) in [4.78, 5) is 14.0. The van der Waals surface area contributed by atoms with E-state index in [2.05, 4.69) is 5.16 Å². The highest BCUT2D eigenvalue weighted by molar-refractivity contribution is 5.98. The van der Waals surface area contributed by atoms with Gasteiger partial charge in [0.15, 0.2) is 0 Å². The summed E-state index contributed by atoms with van der Waals surface area (Å²) in [6, 6.07) is 0.400. The van der Waals surface area contributed by atoms with Crippen LogP contribution in [0.15, 0.2) is 5.16 Å². The molecule has 0 bridgehead atoms. The summed E-state index contributed by atoms with van der Waals surface area (Å²) in [6.45, 7) is 0.832. The molecule has 2 fully saturated rings. The van der Waals surface area contributed by atoms with Crippen LogP contribution in [-0.4, -0.2) is 34.4 Å². The number of likely N-dealkylation sites (tertiary alicyclic amines) is 1. The van der Waals surface area contributed by atoms with Gasteiger partial charge in [-0.15, -0.1) is 0 Å². The zero-order valence-electron chi connectivity index (χ0n) is 10.1. The Labute approximate surface area is 102 Å². The van der Waals surface area contributed by atoms with Crippen molar-refractivity contribution in [1.29, 1.82) is 0 Å². The van der Waals surface area contributed by atoms with Crippen LogP contribution in [0.5, 0.6) is 0 Å². The van der Waals surface area contributed by atoms with E-state index in [9.17, 15) is 4.79 Å². The van der Waals surface area contributed by atoms with Crippen molar-refractivity contribution in [3.63, 3.8) is 0 Å². The third kappa shape index (κ3) is 2.70. The second-order valence-electron chi connectivity index (χ2n) is 5.11. The van der Waals surface area contributed by atoms with Crippen molar-refractivity contribution in [2.24, 2.45) is 16.8 Å². The number of nitrogens with two attached hydrogens (primary N) is 1. The molecule has 1 aliphatic heterocycles. The lowest BCUT2D eigenvalue weighted by Gasteiger charge is -2.44. The number of amidine groups is 1. The van der Waals surface area contributed by atoms with Crippen LogP contribution in [0.4, 0.5) is 0 Å². The van der Waals surface area contributed by atoms with Crippen molar-refractivity contribution in [1.82, 2.24) is 4.90 Å². The minimum Gasteiger partial charge on any atom is -0.409 e. The Bertz CT molecular complexity index is 315. The number of fused-ring (bicyclic) bond motifs is 1. The maximum absolute atomic E-state index is 12.1. The molecule has 0 aromatic carbocycles. The van der Waals surface area contributed by atoms with Crippen LogP contribution in [0.2, 0.25) is 0 Å². The summed E-state index contributed by atoms with van der Waals surface area (Å²) in [7, 11) is 0. The van der Waals surface area contributed by atoms with Gasteiger partial charge in [-0.2, -0.15) is 0 Å². The molecule has 1 aliphatic carbocycles. The molecule has 17 heavy (non-hydrogen) atoms. The van der Waals surface area contributed by atoms with Gasteiger partial charge in [0.25, 0.3) is 0 Å². The highest BCUT2D eigenvalue weighted by Crippen LogP contribution is 2.35. The van der Waals surface area contributed by atoms with Crippen LogP contribution >= 0.6 is 0 Å². The smallest absolute Gasteiger partial charge is 0.230 e. The quantitative estimate of drug-likeness (QED) is 0.330. The van der Waals surface area contributed by atoms with Crippen molar-refractivity contribution in [3.05, 3.63) is 0 Å². The first-order valence-electron chi connectivity index (χ1n) is 6.48. The third-order valence-electron chi connectivity index (χ3n) is 4.02. The third-order valence-corrected chi connectivity index (χ3v) is 4.02. The first-order valence-corrected chi connectivity index (χ1v) is 6.48. The van der Waals surface area contributed by atoms with Gasteiger partial charge in [0.1, 0.15) is 5.84 Å². The van der Waals surface area contributed by atoms with Crippen LogP contribution in [0.3, 0.4) is 0 Å². The summed E-state index contributed by atoms with van der Waals surface area (Å²) >= 11 is 0. The van der Waals surface area contributed by atoms with E-state index in [1.165, 1.54) is 25.7 Å². The molecular formula is C12H21N3O2. The molecule has 5 nitrogen and oxygen atoms in total. The van der Waals surface area contributed by atoms with E-state index in [0.29, 0.717) is 12.0 Å². The van der Waals surface area contributed by atoms with Crippen LogP contribution in [0.1, 0.15) is 44.9 Å². The zero-order valence-corrected chi connectivity index (χ0v) is 10.1. The topological polar surface area (TPSA) is 78.9 Å². The second kappa shape index (κ2) is 5.38. The summed E-state index contributed by atoms with van der Waals surface area (Å²) in [5.41, 5.74) is 5.40. The number of rotatable bonds is 2. The molecule has 0 radical (unpaired) electrons. The Balaban J connectivity index is 2.00. The predicted molar refractivity (Wildman–Crippen MR) is 64.7 cm³/mol. The van der Waals surface area contributed by atoms with Gasteiger partial charge in [-0.1, -0.05) is 18.0 Å². The molecule has 2 rings (SSSR count). The summed E-state index contributed by atoms with van der Waals surface area (Å²) in [6.07, 6.45) is 7.25. The Morgan fingerprint density at radius 3 is 2.76 bits per heavy atom. The number of amides is 1. The van der Waals surface area contributed by atoms with Crippen LogP contribution < -0.4 is 5.73 Å². The summed E-state index contributed by atoms with van der Waals surface area (Å²) < 4.78 is 0. The first-order chi connectivity index (χ1) is 8.22. The lowest BCUT2D eigenvalue weighted by Crippen LogP contribution is -2.50. The first kappa shape index (κ1) is 12.2. The van der Waals surface area contributed by atoms with Gasteiger partial charge < -0.3 is 15.8 Å². The molecule has 0 spiro atoms. The molecular weight excluding hydrogens is 218 g/mol.